The summed E-state index contributed by atoms with van der Waals surface area (Å²) in [4.78, 5) is 24.1. The van der Waals surface area contributed by atoms with Gasteiger partial charge in [-0.2, -0.15) is 8.78 Å². The number of carboxylic acids is 1. The standard InChI is InChI=1S/C31H23ClF4N4O5/c32-26-7-5-17(29(39-26)45-31(35)36)15-44-28-3-1-2-23(38-28)20-13-21(33)18(10-22(20)34)12-27-37-24-6-4-16(30(41)42)11-25(24)40(27)14-19-8-9-43-19/h1-7,10-11,13,19,31H,8-9,12,14-15H2,(H,41,42)/t19-/m0/s1. The summed E-state index contributed by atoms with van der Waals surface area (Å²) in [6, 6.07) is 13.9. The van der Waals surface area contributed by atoms with E-state index in [4.69, 9.17) is 21.1 Å². The second-order valence-corrected chi connectivity index (χ2v) is 10.5. The van der Waals surface area contributed by atoms with Gasteiger partial charge in [0.05, 0.1) is 40.5 Å². The van der Waals surface area contributed by atoms with Gasteiger partial charge >= 0.3 is 12.6 Å². The van der Waals surface area contributed by atoms with Crippen LogP contribution in [0.15, 0.2) is 60.7 Å². The summed E-state index contributed by atoms with van der Waals surface area (Å²) in [5.41, 5.74) is 1.31. The molecule has 1 saturated heterocycles. The number of halogens is 5. The lowest BCUT2D eigenvalue weighted by Gasteiger charge is -2.27. The van der Waals surface area contributed by atoms with Gasteiger partial charge in [0.2, 0.25) is 11.8 Å². The number of pyridine rings is 2. The number of rotatable bonds is 11. The van der Waals surface area contributed by atoms with Crippen molar-refractivity contribution in [3.8, 4) is 23.0 Å². The molecule has 3 aromatic heterocycles. The molecule has 4 heterocycles. The highest BCUT2D eigenvalue weighted by molar-refractivity contribution is 6.29. The van der Waals surface area contributed by atoms with Crippen LogP contribution in [0.1, 0.15) is 33.7 Å². The lowest BCUT2D eigenvalue weighted by molar-refractivity contribution is -0.0590. The van der Waals surface area contributed by atoms with Crippen LogP contribution in [-0.4, -0.2) is 49.9 Å². The van der Waals surface area contributed by atoms with E-state index >= 15 is 8.78 Å². The minimum Gasteiger partial charge on any atom is -0.478 e. The zero-order chi connectivity index (χ0) is 31.7. The Balaban J connectivity index is 1.25. The summed E-state index contributed by atoms with van der Waals surface area (Å²) in [6.45, 7) is -2.39. The summed E-state index contributed by atoms with van der Waals surface area (Å²) >= 11 is 5.78. The van der Waals surface area contributed by atoms with Gasteiger partial charge in [0.15, 0.2) is 0 Å². The topological polar surface area (TPSA) is 109 Å². The number of fused-ring (bicyclic) bond motifs is 1. The maximum Gasteiger partial charge on any atom is 0.388 e. The van der Waals surface area contributed by atoms with E-state index in [0.29, 0.717) is 30.0 Å². The van der Waals surface area contributed by atoms with Crippen molar-refractivity contribution in [3.05, 3.63) is 100.0 Å². The molecule has 0 aliphatic carbocycles. The molecule has 1 aliphatic rings. The number of aromatic carboxylic acids is 1. The third-order valence-corrected chi connectivity index (χ3v) is 7.43. The van der Waals surface area contributed by atoms with Crippen LogP contribution in [0.4, 0.5) is 17.6 Å². The van der Waals surface area contributed by atoms with E-state index in [-0.39, 0.29) is 58.1 Å². The number of alkyl halides is 2. The molecule has 0 saturated carbocycles. The van der Waals surface area contributed by atoms with Gasteiger partial charge in [-0.3, -0.25) is 0 Å². The second-order valence-electron chi connectivity index (χ2n) is 10.2. The first-order valence-corrected chi connectivity index (χ1v) is 14.0. The zero-order valence-electron chi connectivity index (χ0n) is 23.2. The van der Waals surface area contributed by atoms with Crippen molar-refractivity contribution in [2.45, 2.75) is 38.7 Å². The first kappa shape index (κ1) is 30.3. The number of aromatic nitrogens is 4. The van der Waals surface area contributed by atoms with Crippen molar-refractivity contribution >= 4 is 28.6 Å². The van der Waals surface area contributed by atoms with Gasteiger partial charge in [-0.25, -0.2) is 28.5 Å². The quantitative estimate of drug-likeness (QED) is 0.126. The van der Waals surface area contributed by atoms with Gasteiger partial charge in [-0.15, -0.1) is 0 Å². The summed E-state index contributed by atoms with van der Waals surface area (Å²) in [5.74, 6) is -2.51. The van der Waals surface area contributed by atoms with E-state index in [2.05, 4.69) is 19.7 Å². The van der Waals surface area contributed by atoms with E-state index in [0.717, 1.165) is 18.6 Å². The summed E-state index contributed by atoms with van der Waals surface area (Å²) < 4.78 is 73.9. The molecule has 1 aliphatic heterocycles. The van der Waals surface area contributed by atoms with Crippen LogP contribution in [-0.2, 0) is 24.3 Å². The third kappa shape index (κ3) is 6.69. The fourth-order valence-electron chi connectivity index (χ4n) is 4.91. The molecule has 1 fully saturated rings. The fourth-order valence-corrected chi connectivity index (χ4v) is 5.05. The predicted molar refractivity (Wildman–Crippen MR) is 154 cm³/mol. The molecule has 0 spiro atoms. The minimum absolute atomic E-state index is 0.0157. The van der Waals surface area contributed by atoms with Crippen LogP contribution < -0.4 is 9.47 Å². The number of hydrogen-bond donors (Lipinski definition) is 1. The largest absolute Gasteiger partial charge is 0.478 e. The average molecular weight is 643 g/mol. The first-order valence-electron chi connectivity index (χ1n) is 13.7. The van der Waals surface area contributed by atoms with Crippen molar-refractivity contribution in [1.82, 2.24) is 19.5 Å². The fraction of sp³-hybridized carbons (Fsp3) is 0.226. The van der Waals surface area contributed by atoms with Gasteiger partial charge in [0, 0.05) is 24.7 Å². The molecule has 0 unspecified atom stereocenters. The van der Waals surface area contributed by atoms with Crippen LogP contribution in [0.3, 0.4) is 0 Å². The van der Waals surface area contributed by atoms with Crippen molar-refractivity contribution < 1.29 is 41.7 Å². The Bertz CT molecular complexity index is 1900. The Morgan fingerprint density at radius 1 is 1.04 bits per heavy atom. The predicted octanol–water partition coefficient (Wildman–Crippen LogP) is 6.68. The number of ether oxygens (including phenoxy) is 3. The maximum absolute atomic E-state index is 15.5. The first-order chi connectivity index (χ1) is 21.6. The van der Waals surface area contributed by atoms with Crippen LogP contribution in [0, 0.1) is 11.6 Å². The van der Waals surface area contributed by atoms with Crippen molar-refractivity contribution in [1.29, 1.82) is 0 Å². The zero-order valence-corrected chi connectivity index (χ0v) is 24.0. The van der Waals surface area contributed by atoms with Gasteiger partial charge in [0.1, 0.15) is 29.2 Å². The van der Waals surface area contributed by atoms with E-state index in [1.807, 2.05) is 0 Å². The van der Waals surface area contributed by atoms with E-state index in [9.17, 15) is 18.7 Å². The van der Waals surface area contributed by atoms with Crippen LogP contribution in [0.25, 0.3) is 22.3 Å². The van der Waals surface area contributed by atoms with Crippen molar-refractivity contribution in [3.63, 3.8) is 0 Å². The van der Waals surface area contributed by atoms with Gasteiger partial charge < -0.3 is 23.9 Å². The molecule has 6 rings (SSSR count). The van der Waals surface area contributed by atoms with Crippen LogP contribution in [0.2, 0.25) is 5.15 Å². The average Bonchev–Trinajstić information content (AvgIpc) is 3.32. The number of nitrogens with zero attached hydrogens (tertiary/aromatic N) is 4. The van der Waals surface area contributed by atoms with Crippen molar-refractivity contribution in [2.75, 3.05) is 6.61 Å². The monoisotopic (exact) mass is 642 g/mol. The summed E-state index contributed by atoms with van der Waals surface area (Å²) in [5, 5.41) is 9.41. The van der Waals surface area contributed by atoms with E-state index in [1.165, 1.54) is 42.5 Å². The van der Waals surface area contributed by atoms with Gasteiger partial charge in [-0.1, -0.05) is 17.7 Å². The maximum atomic E-state index is 15.5. The number of carboxylic acid groups (broad SMARTS) is 1. The lowest BCUT2D eigenvalue weighted by atomic mass is 10.0. The molecule has 14 heteroatoms. The lowest BCUT2D eigenvalue weighted by Crippen LogP contribution is -2.31. The molecule has 1 atom stereocenters. The molecular weight excluding hydrogens is 620 g/mol. The summed E-state index contributed by atoms with van der Waals surface area (Å²) in [6.07, 6.45) is 0.645. The summed E-state index contributed by atoms with van der Waals surface area (Å²) in [7, 11) is 0. The van der Waals surface area contributed by atoms with Crippen molar-refractivity contribution in [2.24, 2.45) is 0 Å². The highest BCUT2D eigenvalue weighted by Gasteiger charge is 2.24. The molecule has 5 aromatic rings. The Kier molecular flexibility index (Phi) is 8.55. The molecule has 2 aromatic carbocycles. The van der Waals surface area contributed by atoms with E-state index < -0.39 is 30.1 Å². The molecule has 9 nitrogen and oxygen atoms in total. The number of carbonyl (C=O) groups is 1. The smallest absolute Gasteiger partial charge is 0.388 e. The highest BCUT2D eigenvalue weighted by Crippen LogP contribution is 2.30. The molecule has 45 heavy (non-hydrogen) atoms. The Hall–Kier alpha value is -4.75. The molecule has 0 amide bonds. The minimum atomic E-state index is -3.13. The molecule has 232 valence electrons. The normalized spacial score (nSPS) is 14.5. The van der Waals surface area contributed by atoms with E-state index in [1.54, 1.807) is 10.6 Å². The molecular formula is C31H23ClF4N4O5. The van der Waals surface area contributed by atoms with Gasteiger partial charge in [0.25, 0.3) is 0 Å². The molecule has 0 radical (unpaired) electrons. The highest BCUT2D eigenvalue weighted by atomic mass is 35.5. The Labute approximate surface area is 258 Å². The third-order valence-electron chi connectivity index (χ3n) is 7.22. The number of hydrogen-bond acceptors (Lipinski definition) is 7. The SMILES string of the molecule is O=C(O)c1ccc2nc(Cc3cc(F)c(-c4cccc(OCc5ccc(Cl)nc5OC(F)F)n4)cc3F)n(C[C@@H]3CCO3)c2c1. The van der Waals surface area contributed by atoms with Crippen LogP contribution >= 0.6 is 11.6 Å². The molecule has 1 N–H and O–H groups in total. The Morgan fingerprint density at radius 3 is 2.60 bits per heavy atom. The van der Waals surface area contributed by atoms with Gasteiger partial charge in [-0.05, 0) is 60.5 Å². The Morgan fingerprint density at radius 2 is 1.87 bits per heavy atom. The molecule has 0 bridgehead atoms. The number of benzene rings is 2. The number of imidazole rings is 1. The van der Waals surface area contributed by atoms with Crippen LogP contribution in [0.5, 0.6) is 11.8 Å². The second kappa shape index (κ2) is 12.7.